The van der Waals surface area contributed by atoms with Gasteiger partial charge in [-0.05, 0) is 76.0 Å². The van der Waals surface area contributed by atoms with Gasteiger partial charge in [0.05, 0.1) is 6.61 Å². The van der Waals surface area contributed by atoms with Gasteiger partial charge in [0, 0.05) is 19.6 Å². The average molecular weight is 376 g/mol. The fourth-order valence-electron chi connectivity index (χ4n) is 4.37. The summed E-state index contributed by atoms with van der Waals surface area (Å²) in [7, 11) is 4.12. The molecule has 6 heteroatoms. The molecule has 2 fully saturated rings. The molecule has 2 aliphatic rings. The van der Waals surface area contributed by atoms with E-state index in [0.29, 0.717) is 13.2 Å². The molecule has 1 unspecified atom stereocenters. The number of likely N-dealkylation sites (tertiary alicyclic amines) is 1. The van der Waals surface area contributed by atoms with Crippen LogP contribution in [0, 0.1) is 5.41 Å². The summed E-state index contributed by atoms with van der Waals surface area (Å²) in [5.74, 6) is 0.190. The third-order valence-electron chi connectivity index (χ3n) is 5.88. The van der Waals surface area contributed by atoms with Crippen molar-refractivity contribution >= 4 is 5.97 Å². The van der Waals surface area contributed by atoms with E-state index in [2.05, 4.69) is 41.3 Å². The van der Waals surface area contributed by atoms with E-state index in [-0.39, 0.29) is 11.5 Å². The number of carbonyl (C=O) groups is 1. The maximum atomic E-state index is 11.8. The molecule has 1 aromatic carbocycles. The molecule has 0 aliphatic carbocycles. The van der Waals surface area contributed by atoms with E-state index in [1.54, 1.807) is 0 Å². The first kappa shape index (κ1) is 20.1. The Morgan fingerprint density at radius 1 is 1.30 bits per heavy atom. The zero-order valence-electron chi connectivity index (χ0n) is 16.6. The molecular formula is C21H33N3O3. The molecule has 2 N–H and O–H groups in total. The minimum absolute atomic E-state index is 0.170. The molecule has 2 heterocycles. The Bertz CT molecular complexity index is 612. The molecule has 27 heavy (non-hydrogen) atoms. The van der Waals surface area contributed by atoms with Crippen LogP contribution in [-0.2, 0) is 11.3 Å². The number of carboxylic acids is 1. The summed E-state index contributed by atoms with van der Waals surface area (Å²) in [6, 6.07) is 7.75. The smallest absolute Gasteiger partial charge is 0.320 e. The van der Waals surface area contributed by atoms with Gasteiger partial charge < -0.3 is 20.1 Å². The number of hydrogen-bond acceptors (Lipinski definition) is 5. The monoisotopic (exact) mass is 375 g/mol. The lowest BCUT2D eigenvalue weighted by atomic mass is 9.77. The van der Waals surface area contributed by atoms with E-state index in [1.165, 1.54) is 0 Å². The second kappa shape index (κ2) is 9.04. The molecular weight excluding hydrogens is 342 g/mol. The summed E-state index contributed by atoms with van der Waals surface area (Å²) >= 11 is 0. The molecule has 0 radical (unpaired) electrons. The largest absolute Gasteiger partial charge is 0.494 e. The zero-order valence-corrected chi connectivity index (χ0v) is 16.6. The molecule has 1 aromatic rings. The van der Waals surface area contributed by atoms with Crippen LogP contribution in [0.5, 0.6) is 5.75 Å². The van der Waals surface area contributed by atoms with E-state index >= 15 is 0 Å². The number of carboxylic acid groups (broad SMARTS) is 1. The van der Waals surface area contributed by atoms with Gasteiger partial charge in [-0.15, -0.1) is 0 Å². The average Bonchev–Trinajstić information content (AvgIpc) is 2.98. The molecule has 0 saturated carbocycles. The zero-order chi connectivity index (χ0) is 19.3. The van der Waals surface area contributed by atoms with Gasteiger partial charge in [0.15, 0.2) is 0 Å². The Labute approximate surface area is 162 Å². The van der Waals surface area contributed by atoms with Crippen molar-refractivity contribution in [1.82, 2.24) is 15.1 Å². The molecule has 0 bridgehead atoms. The van der Waals surface area contributed by atoms with Crippen LogP contribution in [0.25, 0.3) is 0 Å². The number of piperidine rings is 1. The van der Waals surface area contributed by atoms with Crippen LogP contribution < -0.4 is 10.1 Å². The first-order valence-corrected chi connectivity index (χ1v) is 10.0. The highest BCUT2D eigenvalue weighted by molar-refractivity contribution is 5.74. The first-order chi connectivity index (χ1) is 13.0. The minimum atomic E-state index is -0.689. The lowest BCUT2D eigenvalue weighted by Gasteiger charge is -2.33. The van der Waals surface area contributed by atoms with Crippen LogP contribution in [-0.4, -0.2) is 73.8 Å². The molecule has 150 valence electrons. The van der Waals surface area contributed by atoms with Gasteiger partial charge in [0.2, 0.25) is 0 Å². The van der Waals surface area contributed by atoms with Gasteiger partial charge >= 0.3 is 5.97 Å². The number of nitrogens with one attached hydrogen (secondary N) is 1. The first-order valence-electron chi connectivity index (χ1n) is 10.0. The highest BCUT2D eigenvalue weighted by Crippen LogP contribution is 2.42. The molecule has 3 rings (SSSR count). The van der Waals surface area contributed by atoms with Gasteiger partial charge in [-0.25, -0.2) is 0 Å². The van der Waals surface area contributed by atoms with Crippen molar-refractivity contribution in [2.24, 2.45) is 5.41 Å². The van der Waals surface area contributed by atoms with Crippen molar-refractivity contribution in [2.75, 3.05) is 46.9 Å². The number of rotatable bonds is 8. The maximum absolute atomic E-state index is 11.8. The number of aliphatic carboxylic acids is 1. The van der Waals surface area contributed by atoms with E-state index in [4.69, 9.17) is 4.74 Å². The molecule has 1 spiro atoms. The second-order valence-corrected chi connectivity index (χ2v) is 8.36. The second-order valence-electron chi connectivity index (χ2n) is 8.36. The van der Waals surface area contributed by atoms with Crippen molar-refractivity contribution in [3.63, 3.8) is 0 Å². The third-order valence-corrected chi connectivity index (χ3v) is 5.88. The molecule has 0 amide bonds. The highest BCUT2D eigenvalue weighted by Gasteiger charge is 2.46. The van der Waals surface area contributed by atoms with Gasteiger partial charge in [0.1, 0.15) is 11.8 Å². The minimum Gasteiger partial charge on any atom is -0.494 e. The lowest BCUT2D eigenvalue weighted by Crippen LogP contribution is -2.38. The highest BCUT2D eigenvalue weighted by atomic mass is 16.5. The molecule has 2 aliphatic heterocycles. The summed E-state index contributed by atoms with van der Waals surface area (Å²) in [6.07, 6.45) is 3.93. The van der Waals surface area contributed by atoms with Crippen LogP contribution >= 0.6 is 0 Å². The van der Waals surface area contributed by atoms with Gasteiger partial charge in [0.25, 0.3) is 0 Å². The summed E-state index contributed by atoms with van der Waals surface area (Å²) in [6.45, 7) is 5.30. The van der Waals surface area contributed by atoms with Crippen molar-refractivity contribution in [3.8, 4) is 5.75 Å². The lowest BCUT2D eigenvalue weighted by molar-refractivity contribution is -0.142. The summed E-state index contributed by atoms with van der Waals surface area (Å²) in [5.41, 5.74) is 1.32. The van der Waals surface area contributed by atoms with E-state index in [9.17, 15) is 9.90 Å². The summed E-state index contributed by atoms with van der Waals surface area (Å²) in [4.78, 5) is 16.1. The van der Waals surface area contributed by atoms with E-state index in [1.807, 2.05) is 12.1 Å². The van der Waals surface area contributed by atoms with Crippen LogP contribution in [0.3, 0.4) is 0 Å². The van der Waals surface area contributed by atoms with Crippen LogP contribution in [0.1, 0.15) is 31.2 Å². The van der Waals surface area contributed by atoms with Gasteiger partial charge in [-0.3, -0.25) is 9.69 Å². The van der Waals surface area contributed by atoms with Crippen molar-refractivity contribution in [3.05, 3.63) is 29.8 Å². The predicted octanol–water partition coefficient (Wildman–Crippen LogP) is 2.05. The van der Waals surface area contributed by atoms with Crippen molar-refractivity contribution in [1.29, 1.82) is 0 Å². The topological polar surface area (TPSA) is 65.0 Å². The fourth-order valence-corrected chi connectivity index (χ4v) is 4.37. The molecule has 1 atom stereocenters. The standard InChI is InChI=1S/C21H33N3O3/c1-23(2)12-3-13-27-18-6-4-17(5-7-18)15-24-16-21(8-10-22-11-9-21)14-19(24)20(25)26/h4-7,19,22H,3,8-16H2,1-2H3,(H,25,26). The molecule has 2 saturated heterocycles. The van der Waals surface area contributed by atoms with Crippen LogP contribution in [0.15, 0.2) is 24.3 Å². The van der Waals surface area contributed by atoms with Gasteiger partial charge in [-0.1, -0.05) is 12.1 Å². The maximum Gasteiger partial charge on any atom is 0.320 e. The Morgan fingerprint density at radius 3 is 2.63 bits per heavy atom. The Balaban J connectivity index is 1.56. The number of ether oxygens (including phenoxy) is 1. The Kier molecular flexibility index (Phi) is 6.73. The van der Waals surface area contributed by atoms with Crippen molar-refractivity contribution < 1.29 is 14.6 Å². The normalized spacial score (nSPS) is 22.4. The number of benzene rings is 1. The Hall–Kier alpha value is -1.63. The van der Waals surface area contributed by atoms with Crippen LogP contribution in [0.4, 0.5) is 0 Å². The summed E-state index contributed by atoms with van der Waals surface area (Å²) < 4.78 is 5.79. The van der Waals surface area contributed by atoms with Crippen molar-refractivity contribution in [2.45, 2.75) is 38.3 Å². The predicted molar refractivity (Wildman–Crippen MR) is 106 cm³/mol. The fraction of sp³-hybridized carbons (Fsp3) is 0.667. The van der Waals surface area contributed by atoms with Gasteiger partial charge in [-0.2, -0.15) is 0 Å². The third kappa shape index (κ3) is 5.43. The SMILES string of the molecule is CN(C)CCCOc1ccc(CN2CC3(CCNCC3)CC2C(=O)O)cc1. The number of nitrogens with zero attached hydrogens (tertiary/aromatic N) is 2. The van der Waals surface area contributed by atoms with Crippen LogP contribution in [0.2, 0.25) is 0 Å². The quantitative estimate of drug-likeness (QED) is 0.678. The summed E-state index contributed by atoms with van der Waals surface area (Å²) in [5, 5.41) is 13.1. The van der Waals surface area contributed by atoms with E-state index < -0.39 is 5.97 Å². The molecule has 6 nitrogen and oxygen atoms in total. The molecule has 0 aromatic heterocycles. The number of hydrogen-bond donors (Lipinski definition) is 2. The van der Waals surface area contributed by atoms with E-state index in [0.717, 1.165) is 63.2 Å². The Morgan fingerprint density at radius 2 is 2.00 bits per heavy atom.